The average Bonchev–Trinajstić information content (AvgIpc) is 2.68. The van der Waals surface area contributed by atoms with Crippen molar-refractivity contribution in [3.8, 4) is 5.75 Å². The van der Waals surface area contributed by atoms with Crippen LogP contribution in [0.25, 0.3) is 0 Å². The average molecular weight is 339 g/mol. The number of hydrogen-bond acceptors (Lipinski definition) is 3. The number of rotatable bonds is 7. The Morgan fingerprint density at radius 1 is 0.920 bits per heavy atom. The van der Waals surface area contributed by atoms with Crippen LogP contribution in [0.1, 0.15) is 49.3 Å². The van der Waals surface area contributed by atoms with E-state index < -0.39 is 6.10 Å². The highest BCUT2D eigenvalue weighted by atomic mass is 16.5. The molecule has 2 aromatic carbocycles. The maximum atomic E-state index is 11.1. The van der Waals surface area contributed by atoms with Gasteiger partial charge in [0.1, 0.15) is 5.75 Å². The predicted molar refractivity (Wildman–Crippen MR) is 102 cm³/mol. The summed E-state index contributed by atoms with van der Waals surface area (Å²) in [6.07, 6.45) is 3.34. The molecule has 0 aliphatic carbocycles. The molecule has 3 heteroatoms. The molecule has 1 fully saturated rings. The van der Waals surface area contributed by atoms with Gasteiger partial charge in [0, 0.05) is 12.5 Å². The summed E-state index contributed by atoms with van der Waals surface area (Å²) >= 11 is 0. The predicted octanol–water partition coefficient (Wildman–Crippen LogP) is 4.39. The van der Waals surface area contributed by atoms with Gasteiger partial charge in [-0.3, -0.25) is 0 Å². The van der Waals surface area contributed by atoms with Crippen LogP contribution in [0, 0.1) is 0 Å². The first kappa shape index (κ1) is 18.0. The lowest BCUT2D eigenvalue weighted by atomic mass is 9.88. The lowest BCUT2D eigenvalue weighted by molar-refractivity contribution is 0.109. The Kier molecular flexibility index (Phi) is 6.48. The van der Waals surface area contributed by atoms with Gasteiger partial charge in [0.25, 0.3) is 0 Å². The number of piperidine rings is 1. The van der Waals surface area contributed by atoms with E-state index in [1.54, 1.807) is 0 Å². The molecule has 0 spiro atoms. The lowest BCUT2D eigenvalue weighted by Crippen LogP contribution is -2.35. The molecule has 2 aromatic rings. The molecule has 0 radical (unpaired) electrons. The molecule has 3 nitrogen and oxygen atoms in total. The van der Waals surface area contributed by atoms with Crippen molar-refractivity contribution in [1.29, 1.82) is 0 Å². The molecular formula is C22H29NO2. The Balaban J connectivity index is 1.79. The molecule has 0 aromatic heterocycles. The van der Waals surface area contributed by atoms with E-state index in [2.05, 4.69) is 29.2 Å². The third-order valence-corrected chi connectivity index (χ3v) is 5.05. The Labute approximate surface area is 151 Å². The molecule has 1 saturated heterocycles. The summed E-state index contributed by atoms with van der Waals surface area (Å²) < 4.78 is 5.52. The molecular weight excluding hydrogens is 310 g/mol. The fraction of sp³-hybridized carbons (Fsp3) is 0.455. The first-order valence-electron chi connectivity index (χ1n) is 9.46. The minimum absolute atomic E-state index is 0.0808. The molecule has 1 heterocycles. The third kappa shape index (κ3) is 4.83. The van der Waals surface area contributed by atoms with Crippen LogP contribution >= 0.6 is 0 Å². The van der Waals surface area contributed by atoms with Gasteiger partial charge in [-0.1, -0.05) is 48.9 Å². The summed E-state index contributed by atoms with van der Waals surface area (Å²) in [5, 5.41) is 11.1. The van der Waals surface area contributed by atoms with Gasteiger partial charge < -0.3 is 14.7 Å². The standard InChI is InChI=1S/C22H29NO2/c1-2-25-20-13-11-19(12-14-20)22(24)21(18-9-5-3-6-10-18)17-23-15-7-4-8-16-23/h3,5-6,9-14,21-22,24H,2,4,7-8,15-17H2,1H3/t21-,22+/m0/s1. The van der Waals surface area contributed by atoms with Gasteiger partial charge in [0.05, 0.1) is 12.7 Å². The van der Waals surface area contributed by atoms with Crippen LogP contribution in [0.15, 0.2) is 54.6 Å². The topological polar surface area (TPSA) is 32.7 Å². The van der Waals surface area contributed by atoms with Crippen LogP contribution in [-0.4, -0.2) is 36.2 Å². The van der Waals surface area contributed by atoms with Gasteiger partial charge in [0.2, 0.25) is 0 Å². The smallest absolute Gasteiger partial charge is 0.119 e. The van der Waals surface area contributed by atoms with Crippen molar-refractivity contribution in [2.24, 2.45) is 0 Å². The number of aliphatic hydroxyl groups is 1. The van der Waals surface area contributed by atoms with E-state index in [0.29, 0.717) is 6.61 Å². The molecule has 3 rings (SSSR count). The maximum absolute atomic E-state index is 11.1. The Hall–Kier alpha value is -1.84. The van der Waals surface area contributed by atoms with E-state index in [0.717, 1.165) is 30.9 Å². The highest BCUT2D eigenvalue weighted by molar-refractivity contribution is 5.32. The highest BCUT2D eigenvalue weighted by Gasteiger charge is 2.26. The van der Waals surface area contributed by atoms with E-state index in [1.807, 2.05) is 37.3 Å². The van der Waals surface area contributed by atoms with Gasteiger partial charge >= 0.3 is 0 Å². The zero-order valence-electron chi connectivity index (χ0n) is 15.1. The van der Waals surface area contributed by atoms with Crippen molar-refractivity contribution in [2.75, 3.05) is 26.2 Å². The number of benzene rings is 2. The zero-order valence-corrected chi connectivity index (χ0v) is 15.1. The summed E-state index contributed by atoms with van der Waals surface area (Å²) in [7, 11) is 0. The van der Waals surface area contributed by atoms with Crippen molar-refractivity contribution in [2.45, 2.75) is 38.2 Å². The number of nitrogens with zero attached hydrogens (tertiary/aromatic N) is 1. The summed E-state index contributed by atoms with van der Waals surface area (Å²) in [5.41, 5.74) is 2.16. The number of aliphatic hydroxyl groups excluding tert-OH is 1. The number of likely N-dealkylation sites (tertiary alicyclic amines) is 1. The van der Waals surface area contributed by atoms with E-state index in [1.165, 1.54) is 24.8 Å². The first-order chi connectivity index (χ1) is 12.3. The second kappa shape index (κ2) is 9.02. The van der Waals surface area contributed by atoms with Crippen LogP contribution in [0.5, 0.6) is 5.75 Å². The van der Waals surface area contributed by atoms with E-state index in [9.17, 15) is 5.11 Å². The van der Waals surface area contributed by atoms with Gasteiger partial charge in [-0.25, -0.2) is 0 Å². The lowest BCUT2D eigenvalue weighted by Gasteiger charge is -2.33. The van der Waals surface area contributed by atoms with Crippen LogP contribution in [0.3, 0.4) is 0 Å². The van der Waals surface area contributed by atoms with Gasteiger partial charge in [0.15, 0.2) is 0 Å². The molecule has 134 valence electrons. The molecule has 2 atom stereocenters. The van der Waals surface area contributed by atoms with Crippen molar-refractivity contribution in [3.63, 3.8) is 0 Å². The first-order valence-corrected chi connectivity index (χ1v) is 9.46. The van der Waals surface area contributed by atoms with Gasteiger partial charge in [-0.2, -0.15) is 0 Å². The second-order valence-corrected chi connectivity index (χ2v) is 6.83. The maximum Gasteiger partial charge on any atom is 0.119 e. The van der Waals surface area contributed by atoms with E-state index >= 15 is 0 Å². The summed E-state index contributed by atoms with van der Waals surface area (Å²) in [6.45, 7) is 5.81. The monoisotopic (exact) mass is 339 g/mol. The SMILES string of the molecule is CCOc1ccc([C@@H](O)[C@@H](CN2CCCCC2)c2ccccc2)cc1. The van der Waals surface area contributed by atoms with Crippen LogP contribution in [0.4, 0.5) is 0 Å². The van der Waals surface area contributed by atoms with Crippen LogP contribution in [0.2, 0.25) is 0 Å². The second-order valence-electron chi connectivity index (χ2n) is 6.83. The largest absolute Gasteiger partial charge is 0.494 e. The zero-order chi connectivity index (χ0) is 17.5. The molecule has 0 saturated carbocycles. The van der Waals surface area contributed by atoms with Crippen LogP contribution in [-0.2, 0) is 0 Å². The highest BCUT2D eigenvalue weighted by Crippen LogP contribution is 2.33. The summed E-state index contributed by atoms with van der Waals surface area (Å²) in [4.78, 5) is 2.50. The van der Waals surface area contributed by atoms with E-state index in [4.69, 9.17) is 4.74 Å². The van der Waals surface area contributed by atoms with Crippen molar-refractivity contribution in [1.82, 2.24) is 4.90 Å². The van der Waals surface area contributed by atoms with Gasteiger partial charge in [-0.15, -0.1) is 0 Å². The normalized spacial score (nSPS) is 17.8. The molecule has 0 bridgehead atoms. The molecule has 0 unspecified atom stereocenters. The fourth-order valence-electron chi connectivity index (χ4n) is 3.67. The molecule has 1 N–H and O–H groups in total. The Morgan fingerprint density at radius 2 is 1.60 bits per heavy atom. The van der Waals surface area contributed by atoms with Gasteiger partial charge in [-0.05, 0) is 56.1 Å². The van der Waals surface area contributed by atoms with Crippen molar-refractivity contribution >= 4 is 0 Å². The Bertz CT molecular complexity index is 620. The molecule has 25 heavy (non-hydrogen) atoms. The molecule has 1 aliphatic rings. The minimum Gasteiger partial charge on any atom is -0.494 e. The van der Waals surface area contributed by atoms with Crippen molar-refractivity contribution < 1.29 is 9.84 Å². The summed E-state index contributed by atoms with van der Waals surface area (Å²) in [6, 6.07) is 18.3. The molecule has 0 amide bonds. The minimum atomic E-state index is -0.514. The quantitative estimate of drug-likeness (QED) is 0.812. The third-order valence-electron chi connectivity index (χ3n) is 5.05. The fourth-order valence-corrected chi connectivity index (χ4v) is 3.67. The summed E-state index contributed by atoms with van der Waals surface area (Å²) in [5.74, 6) is 0.933. The number of hydrogen-bond donors (Lipinski definition) is 1. The Morgan fingerprint density at radius 3 is 2.24 bits per heavy atom. The van der Waals surface area contributed by atoms with Crippen molar-refractivity contribution in [3.05, 3.63) is 65.7 Å². The number of ether oxygens (including phenoxy) is 1. The van der Waals surface area contributed by atoms with Crippen LogP contribution < -0.4 is 4.74 Å². The molecule has 1 aliphatic heterocycles. The van der Waals surface area contributed by atoms with E-state index in [-0.39, 0.29) is 5.92 Å².